The Morgan fingerprint density at radius 1 is 1.17 bits per heavy atom. The van der Waals surface area contributed by atoms with Crippen LogP contribution in [0.5, 0.6) is 5.75 Å². The maximum Gasteiger partial charge on any atom is 0.269 e. The number of benzene rings is 2. The van der Waals surface area contributed by atoms with Crippen LogP contribution >= 0.6 is 22.9 Å². The number of nitrogens with one attached hydrogen (secondary N) is 2. The van der Waals surface area contributed by atoms with Crippen molar-refractivity contribution in [1.29, 1.82) is 0 Å². The number of hydrogen-bond acceptors (Lipinski definition) is 5. The van der Waals surface area contributed by atoms with Gasteiger partial charge in [0.2, 0.25) is 0 Å². The molecule has 0 unspecified atom stereocenters. The molecule has 0 aliphatic carbocycles. The van der Waals surface area contributed by atoms with Crippen LogP contribution in [-0.4, -0.2) is 28.2 Å². The van der Waals surface area contributed by atoms with Crippen molar-refractivity contribution in [1.82, 2.24) is 20.5 Å². The van der Waals surface area contributed by atoms with E-state index in [1.807, 2.05) is 55.5 Å². The zero-order valence-electron chi connectivity index (χ0n) is 16.4. The lowest BCUT2D eigenvalue weighted by atomic mass is 10.1. The fraction of sp³-hybridized carbons (Fsp3) is 0.136. The number of thiazole rings is 1. The number of methoxy groups -OCH3 is 1. The predicted molar refractivity (Wildman–Crippen MR) is 119 cm³/mol. The van der Waals surface area contributed by atoms with Crippen LogP contribution in [0, 0.1) is 6.92 Å². The molecule has 2 aromatic heterocycles. The fourth-order valence-corrected chi connectivity index (χ4v) is 4.35. The van der Waals surface area contributed by atoms with Crippen LogP contribution in [0.15, 0.2) is 54.6 Å². The van der Waals surface area contributed by atoms with Gasteiger partial charge in [0, 0.05) is 16.0 Å². The van der Waals surface area contributed by atoms with E-state index in [9.17, 15) is 4.79 Å². The molecule has 6 nitrogen and oxygen atoms in total. The molecule has 0 saturated heterocycles. The minimum absolute atomic E-state index is 0.240. The molecule has 1 amide bonds. The minimum atomic E-state index is -0.240. The van der Waals surface area contributed by atoms with Gasteiger partial charge in [-0.1, -0.05) is 41.9 Å². The van der Waals surface area contributed by atoms with Gasteiger partial charge in [-0.3, -0.25) is 9.89 Å². The van der Waals surface area contributed by atoms with E-state index < -0.39 is 0 Å². The van der Waals surface area contributed by atoms with Crippen molar-refractivity contribution in [2.45, 2.75) is 13.5 Å². The number of nitrogens with zero attached hydrogens (tertiary/aromatic N) is 2. The molecule has 2 aromatic carbocycles. The number of halogens is 1. The maximum atomic E-state index is 12.6. The van der Waals surface area contributed by atoms with E-state index in [1.165, 1.54) is 11.3 Å². The van der Waals surface area contributed by atoms with Gasteiger partial charge in [0.25, 0.3) is 5.91 Å². The zero-order valence-corrected chi connectivity index (χ0v) is 18.0. The Balaban J connectivity index is 1.47. The molecule has 0 bridgehead atoms. The summed E-state index contributed by atoms with van der Waals surface area (Å²) in [5, 5.41) is 11.5. The molecule has 4 aromatic rings. The van der Waals surface area contributed by atoms with Gasteiger partial charge in [0.05, 0.1) is 30.1 Å². The second-order valence-corrected chi connectivity index (χ2v) is 8.05. The van der Waals surface area contributed by atoms with Gasteiger partial charge in [-0.05, 0) is 31.2 Å². The van der Waals surface area contributed by atoms with E-state index in [1.54, 1.807) is 13.2 Å². The molecule has 0 fully saturated rings. The number of para-hydroxylation sites is 1. The van der Waals surface area contributed by atoms with Crippen LogP contribution in [0.2, 0.25) is 5.02 Å². The Morgan fingerprint density at radius 3 is 2.67 bits per heavy atom. The number of aromatic nitrogens is 3. The summed E-state index contributed by atoms with van der Waals surface area (Å²) in [4.78, 5) is 18.2. The van der Waals surface area contributed by atoms with E-state index in [0.29, 0.717) is 28.7 Å². The molecule has 4 rings (SSSR count). The molecule has 0 saturated carbocycles. The van der Waals surface area contributed by atoms with Crippen LogP contribution in [0.3, 0.4) is 0 Å². The first-order valence-corrected chi connectivity index (χ1v) is 10.4. The monoisotopic (exact) mass is 438 g/mol. The lowest BCUT2D eigenvalue weighted by Crippen LogP contribution is -2.23. The summed E-state index contributed by atoms with van der Waals surface area (Å²) >= 11 is 7.80. The van der Waals surface area contributed by atoms with Crippen LogP contribution in [0.4, 0.5) is 0 Å². The van der Waals surface area contributed by atoms with Crippen molar-refractivity contribution in [2.75, 3.05) is 7.11 Å². The highest BCUT2D eigenvalue weighted by atomic mass is 35.5. The molecule has 0 aliphatic heterocycles. The largest absolute Gasteiger partial charge is 0.496 e. The summed E-state index contributed by atoms with van der Waals surface area (Å²) in [5.74, 6) is 0.457. The van der Waals surface area contributed by atoms with Gasteiger partial charge in [-0.25, -0.2) is 4.98 Å². The summed E-state index contributed by atoms with van der Waals surface area (Å²) in [6, 6.07) is 16.8. The number of carbonyl (C=O) groups is 1. The number of rotatable bonds is 6. The molecule has 2 heterocycles. The normalized spacial score (nSPS) is 10.8. The Morgan fingerprint density at radius 2 is 1.90 bits per heavy atom. The topological polar surface area (TPSA) is 79.9 Å². The van der Waals surface area contributed by atoms with Crippen molar-refractivity contribution in [3.05, 3.63) is 75.9 Å². The summed E-state index contributed by atoms with van der Waals surface area (Å²) < 4.78 is 5.37. The summed E-state index contributed by atoms with van der Waals surface area (Å²) in [7, 11) is 1.60. The highest BCUT2D eigenvalue weighted by Crippen LogP contribution is 2.33. The van der Waals surface area contributed by atoms with Crippen LogP contribution < -0.4 is 10.1 Å². The standard InChI is InChI=1S/C22H19ClN4O2S/c1-13-20(30-22(25-13)14-7-3-5-9-16(14)23)12-24-21(28)18-11-17(26-27-18)15-8-4-6-10-19(15)29-2/h3-11H,12H2,1-2H3,(H,24,28)(H,26,27). The molecular formula is C22H19ClN4O2S. The van der Waals surface area contributed by atoms with Crippen molar-refractivity contribution in [3.8, 4) is 27.6 Å². The van der Waals surface area contributed by atoms with Gasteiger partial charge >= 0.3 is 0 Å². The highest BCUT2D eigenvalue weighted by Gasteiger charge is 2.16. The van der Waals surface area contributed by atoms with Crippen molar-refractivity contribution in [2.24, 2.45) is 0 Å². The van der Waals surface area contributed by atoms with Gasteiger partial charge in [0.1, 0.15) is 16.5 Å². The number of hydrogen-bond donors (Lipinski definition) is 2. The Kier molecular flexibility index (Phi) is 5.83. The number of amides is 1. The molecule has 30 heavy (non-hydrogen) atoms. The van der Waals surface area contributed by atoms with Crippen LogP contribution in [-0.2, 0) is 6.54 Å². The maximum absolute atomic E-state index is 12.6. The van der Waals surface area contributed by atoms with E-state index in [4.69, 9.17) is 16.3 Å². The lowest BCUT2D eigenvalue weighted by molar-refractivity contribution is 0.0946. The minimum Gasteiger partial charge on any atom is -0.496 e. The van der Waals surface area contributed by atoms with Crippen LogP contribution in [0.1, 0.15) is 21.1 Å². The van der Waals surface area contributed by atoms with E-state index >= 15 is 0 Å². The summed E-state index contributed by atoms with van der Waals surface area (Å²) in [6.07, 6.45) is 0. The Labute approximate surface area is 182 Å². The quantitative estimate of drug-likeness (QED) is 0.439. The summed E-state index contributed by atoms with van der Waals surface area (Å²) in [6.45, 7) is 2.30. The number of aromatic amines is 1. The molecular weight excluding hydrogens is 420 g/mol. The second-order valence-electron chi connectivity index (χ2n) is 6.56. The SMILES string of the molecule is COc1ccccc1-c1cc(C(=O)NCc2sc(-c3ccccc3Cl)nc2C)[nH]n1. The second kappa shape index (κ2) is 8.69. The van der Waals surface area contributed by atoms with Crippen molar-refractivity contribution in [3.63, 3.8) is 0 Å². The third-order valence-corrected chi connectivity index (χ3v) is 6.13. The fourth-order valence-electron chi connectivity index (χ4n) is 3.03. The molecule has 152 valence electrons. The molecule has 8 heteroatoms. The van der Waals surface area contributed by atoms with Gasteiger partial charge in [0.15, 0.2) is 0 Å². The van der Waals surface area contributed by atoms with Crippen LogP contribution in [0.25, 0.3) is 21.8 Å². The molecule has 0 radical (unpaired) electrons. The number of ether oxygens (including phenoxy) is 1. The number of aryl methyl sites for hydroxylation is 1. The molecule has 0 atom stereocenters. The van der Waals surface area contributed by atoms with Crippen molar-refractivity contribution >= 4 is 28.8 Å². The van der Waals surface area contributed by atoms with Crippen molar-refractivity contribution < 1.29 is 9.53 Å². The molecule has 2 N–H and O–H groups in total. The smallest absolute Gasteiger partial charge is 0.269 e. The van der Waals surface area contributed by atoms with Gasteiger partial charge in [-0.2, -0.15) is 5.10 Å². The van der Waals surface area contributed by atoms with E-state index in [0.717, 1.165) is 26.7 Å². The third-order valence-electron chi connectivity index (χ3n) is 4.61. The Hall–Kier alpha value is -3.16. The number of carbonyl (C=O) groups excluding carboxylic acids is 1. The first-order chi connectivity index (χ1) is 14.6. The lowest BCUT2D eigenvalue weighted by Gasteiger charge is -2.04. The molecule has 0 aliphatic rings. The average molecular weight is 439 g/mol. The number of H-pyrrole nitrogens is 1. The molecule has 0 spiro atoms. The summed E-state index contributed by atoms with van der Waals surface area (Å²) in [5.41, 5.74) is 3.60. The van der Waals surface area contributed by atoms with E-state index in [2.05, 4.69) is 20.5 Å². The first-order valence-electron chi connectivity index (χ1n) is 9.25. The van der Waals surface area contributed by atoms with Gasteiger partial charge in [-0.15, -0.1) is 11.3 Å². The van der Waals surface area contributed by atoms with Gasteiger partial charge < -0.3 is 10.1 Å². The highest BCUT2D eigenvalue weighted by molar-refractivity contribution is 7.15. The average Bonchev–Trinajstić information content (AvgIpc) is 3.39. The Bertz CT molecular complexity index is 1200. The third kappa shape index (κ3) is 4.08. The zero-order chi connectivity index (χ0) is 21.1. The van der Waals surface area contributed by atoms with E-state index in [-0.39, 0.29) is 5.91 Å². The predicted octanol–water partition coefficient (Wildman–Crippen LogP) is 5.10. The first kappa shape index (κ1) is 20.1.